The number of ether oxygens (including phenoxy) is 2. The fourth-order valence-corrected chi connectivity index (χ4v) is 4.60. The Labute approximate surface area is 193 Å². The standard InChI is InChI=1S/C24H30N6O3/c1-28(2)24(31)17-13-20-21(26-15-17)14-22(29-9-11-32-12-10-29)27-23(20)33-19-5-3-18(4-6-19)30-8-7-25-16-30/h7-8,13-16,18-19H,3-6,9-12H2,1-2H3/t18-,19+. The number of nitrogens with zero attached hydrogens (tertiary/aromatic N) is 6. The van der Waals surface area contributed by atoms with Crippen molar-refractivity contribution in [1.29, 1.82) is 0 Å². The maximum absolute atomic E-state index is 12.5. The molecule has 2 fully saturated rings. The third-order valence-corrected chi connectivity index (χ3v) is 6.49. The number of rotatable bonds is 5. The SMILES string of the molecule is CN(C)C(=O)c1cnc2cc(N3CCOCC3)nc(O[C@H]3CC[C@@H](n4ccnc4)CC3)c2c1. The van der Waals surface area contributed by atoms with Gasteiger partial charge in [-0.1, -0.05) is 0 Å². The molecule has 0 aromatic carbocycles. The van der Waals surface area contributed by atoms with Crippen LogP contribution < -0.4 is 9.64 Å². The minimum absolute atomic E-state index is 0.0774. The van der Waals surface area contributed by atoms with Gasteiger partial charge < -0.3 is 23.8 Å². The summed E-state index contributed by atoms with van der Waals surface area (Å²) in [4.78, 5) is 30.0. The number of anilines is 1. The Kier molecular flexibility index (Phi) is 6.13. The van der Waals surface area contributed by atoms with E-state index in [1.54, 1.807) is 25.2 Å². The first-order valence-corrected chi connectivity index (χ1v) is 11.6. The van der Waals surface area contributed by atoms with E-state index in [0.717, 1.165) is 55.5 Å². The molecule has 9 heteroatoms. The second kappa shape index (κ2) is 9.35. The quantitative estimate of drug-likeness (QED) is 0.591. The van der Waals surface area contributed by atoms with Crippen LogP contribution >= 0.6 is 0 Å². The van der Waals surface area contributed by atoms with Crippen molar-refractivity contribution in [3.63, 3.8) is 0 Å². The van der Waals surface area contributed by atoms with Crippen molar-refractivity contribution in [3.05, 3.63) is 42.6 Å². The molecule has 5 rings (SSSR count). The minimum Gasteiger partial charge on any atom is -0.474 e. The Balaban J connectivity index is 1.43. The second-order valence-electron chi connectivity index (χ2n) is 8.93. The molecule has 33 heavy (non-hydrogen) atoms. The van der Waals surface area contributed by atoms with Crippen LogP contribution in [0, 0.1) is 0 Å². The van der Waals surface area contributed by atoms with Crippen molar-refractivity contribution in [3.8, 4) is 5.88 Å². The molecule has 1 aliphatic carbocycles. The first-order chi connectivity index (χ1) is 16.1. The highest BCUT2D eigenvalue weighted by Gasteiger charge is 2.25. The molecule has 1 saturated heterocycles. The molecule has 0 spiro atoms. The summed E-state index contributed by atoms with van der Waals surface area (Å²) < 4.78 is 14.2. The molecule has 2 aliphatic rings. The van der Waals surface area contributed by atoms with E-state index in [0.29, 0.717) is 30.7 Å². The lowest BCUT2D eigenvalue weighted by atomic mass is 9.93. The first-order valence-electron chi connectivity index (χ1n) is 11.6. The lowest BCUT2D eigenvalue weighted by Gasteiger charge is -2.31. The van der Waals surface area contributed by atoms with Gasteiger partial charge in [0.05, 0.1) is 36.0 Å². The minimum atomic E-state index is -0.0894. The Bertz CT molecular complexity index is 1100. The third-order valence-electron chi connectivity index (χ3n) is 6.49. The summed E-state index contributed by atoms with van der Waals surface area (Å²) in [5.74, 6) is 1.31. The number of aromatic nitrogens is 4. The molecule has 0 unspecified atom stereocenters. The van der Waals surface area contributed by atoms with Gasteiger partial charge >= 0.3 is 0 Å². The monoisotopic (exact) mass is 450 g/mol. The number of pyridine rings is 2. The van der Waals surface area contributed by atoms with Gasteiger partial charge in [-0.05, 0) is 31.7 Å². The number of amides is 1. The number of fused-ring (bicyclic) bond motifs is 1. The van der Waals surface area contributed by atoms with E-state index >= 15 is 0 Å². The predicted octanol–water partition coefficient (Wildman–Crippen LogP) is 2.93. The molecular weight excluding hydrogens is 420 g/mol. The Morgan fingerprint density at radius 3 is 2.64 bits per heavy atom. The van der Waals surface area contributed by atoms with Gasteiger partial charge in [-0.3, -0.25) is 9.78 Å². The van der Waals surface area contributed by atoms with Crippen LogP contribution in [0.1, 0.15) is 42.1 Å². The summed E-state index contributed by atoms with van der Waals surface area (Å²) in [5, 5.41) is 0.774. The van der Waals surface area contributed by atoms with Gasteiger partial charge in [-0.2, -0.15) is 4.98 Å². The van der Waals surface area contributed by atoms with E-state index in [2.05, 4.69) is 19.4 Å². The summed E-state index contributed by atoms with van der Waals surface area (Å²) in [5.41, 5.74) is 1.31. The topological polar surface area (TPSA) is 85.6 Å². The molecule has 1 amide bonds. The van der Waals surface area contributed by atoms with Crippen LogP contribution in [0.25, 0.3) is 10.9 Å². The zero-order valence-electron chi connectivity index (χ0n) is 19.2. The Hall–Kier alpha value is -3.20. The van der Waals surface area contributed by atoms with Gasteiger partial charge in [-0.15, -0.1) is 0 Å². The van der Waals surface area contributed by atoms with Crippen molar-refractivity contribution in [2.45, 2.75) is 37.8 Å². The van der Waals surface area contributed by atoms with E-state index in [9.17, 15) is 4.79 Å². The van der Waals surface area contributed by atoms with Crippen LogP contribution in [-0.2, 0) is 4.74 Å². The highest BCUT2D eigenvalue weighted by molar-refractivity contribution is 5.98. The molecule has 3 aromatic rings. The molecule has 1 aliphatic heterocycles. The molecule has 0 atom stereocenters. The average Bonchev–Trinajstić information content (AvgIpc) is 3.39. The van der Waals surface area contributed by atoms with Gasteiger partial charge in [0.15, 0.2) is 0 Å². The molecule has 0 radical (unpaired) electrons. The summed E-state index contributed by atoms with van der Waals surface area (Å²) in [7, 11) is 3.48. The largest absolute Gasteiger partial charge is 0.474 e. The van der Waals surface area contributed by atoms with Crippen LogP contribution in [0.15, 0.2) is 37.1 Å². The highest BCUT2D eigenvalue weighted by Crippen LogP contribution is 2.34. The number of morpholine rings is 1. The van der Waals surface area contributed by atoms with E-state index in [1.807, 2.05) is 30.9 Å². The molecule has 1 saturated carbocycles. The smallest absolute Gasteiger partial charge is 0.254 e. The fourth-order valence-electron chi connectivity index (χ4n) is 4.60. The summed E-state index contributed by atoms with van der Waals surface area (Å²) in [6.07, 6.45) is 11.4. The van der Waals surface area contributed by atoms with Gasteiger partial charge in [0, 0.05) is 57.9 Å². The zero-order chi connectivity index (χ0) is 22.8. The molecule has 9 nitrogen and oxygen atoms in total. The number of hydrogen-bond donors (Lipinski definition) is 0. The normalized spacial score (nSPS) is 21.2. The maximum atomic E-state index is 12.5. The van der Waals surface area contributed by atoms with Crippen LogP contribution in [0.2, 0.25) is 0 Å². The van der Waals surface area contributed by atoms with Crippen molar-refractivity contribution >= 4 is 22.6 Å². The third kappa shape index (κ3) is 4.64. The predicted molar refractivity (Wildman–Crippen MR) is 125 cm³/mol. The number of carbonyl (C=O) groups is 1. The summed E-state index contributed by atoms with van der Waals surface area (Å²) in [6, 6.07) is 4.29. The van der Waals surface area contributed by atoms with Crippen LogP contribution in [0.4, 0.5) is 5.82 Å². The van der Waals surface area contributed by atoms with Gasteiger partial charge in [0.25, 0.3) is 5.91 Å². The van der Waals surface area contributed by atoms with Gasteiger partial charge in [0.1, 0.15) is 11.9 Å². The molecule has 174 valence electrons. The Morgan fingerprint density at radius 2 is 1.94 bits per heavy atom. The van der Waals surface area contributed by atoms with Crippen LogP contribution in [-0.4, -0.2) is 76.8 Å². The zero-order valence-corrected chi connectivity index (χ0v) is 19.2. The lowest BCUT2D eigenvalue weighted by Crippen LogP contribution is -2.36. The van der Waals surface area contributed by atoms with Gasteiger partial charge in [0.2, 0.25) is 5.88 Å². The van der Waals surface area contributed by atoms with Crippen molar-refractivity contribution in [2.75, 3.05) is 45.3 Å². The summed E-state index contributed by atoms with van der Waals surface area (Å²) in [6.45, 7) is 2.92. The van der Waals surface area contributed by atoms with Crippen LogP contribution in [0.5, 0.6) is 5.88 Å². The van der Waals surface area contributed by atoms with E-state index < -0.39 is 0 Å². The van der Waals surface area contributed by atoms with Crippen molar-refractivity contribution in [2.24, 2.45) is 0 Å². The molecule has 0 N–H and O–H groups in total. The van der Waals surface area contributed by atoms with E-state index in [4.69, 9.17) is 14.5 Å². The number of hydrogen-bond acceptors (Lipinski definition) is 7. The Morgan fingerprint density at radius 1 is 1.15 bits per heavy atom. The molecule has 3 aromatic heterocycles. The molecule has 0 bridgehead atoms. The fraction of sp³-hybridized carbons (Fsp3) is 0.500. The maximum Gasteiger partial charge on any atom is 0.254 e. The van der Waals surface area contributed by atoms with Crippen molar-refractivity contribution in [1.82, 2.24) is 24.4 Å². The first kappa shape index (κ1) is 21.6. The number of imidazole rings is 1. The lowest BCUT2D eigenvalue weighted by molar-refractivity contribution is 0.0827. The summed E-state index contributed by atoms with van der Waals surface area (Å²) >= 11 is 0. The average molecular weight is 451 g/mol. The molecule has 4 heterocycles. The van der Waals surface area contributed by atoms with Crippen LogP contribution in [0.3, 0.4) is 0 Å². The van der Waals surface area contributed by atoms with Gasteiger partial charge in [-0.25, -0.2) is 4.98 Å². The number of carbonyl (C=O) groups excluding carboxylic acids is 1. The molecular formula is C24H30N6O3. The highest BCUT2D eigenvalue weighted by atomic mass is 16.5. The second-order valence-corrected chi connectivity index (χ2v) is 8.93. The van der Waals surface area contributed by atoms with E-state index in [1.165, 1.54) is 0 Å². The van der Waals surface area contributed by atoms with E-state index in [-0.39, 0.29) is 12.0 Å². The van der Waals surface area contributed by atoms with Crippen molar-refractivity contribution < 1.29 is 14.3 Å².